The number of aromatic nitrogens is 1. The highest BCUT2D eigenvalue weighted by Crippen LogP contribution is 2.42. The van der Waals surface area contributed by atoms with Crippen molar-refractivity contribution in [3.63, 3.8) is 0 Å². The molecule has 0 radical (unpaired) electrons. The van der Waals surface area contributed by atoms with Gasteiger partial charge in [-0.3, -0.25) is 9.78 Å². The Hall–Kier alpha value is -3.20. The molecule has 0 fully saturated rings. The van der Waals surface area contributed by atoms with Crippen molar-refractivity contribution in [1.82, 2.24) is 4.98 Å². The lowest BCUT2D eigenvalue weighted by Gasteiger charge is -2.09. The number of rotatable bonds is 5. The van der Waals surface area contributed by atoms with Crippen LogP contribution in [0, 0.1) is 6.92 Å². The van der Waals surface area contributed by atoms with E-state index in [0.29, 0.717) is 22.8 Å². The van der Waals surface area contributed by atoms with Gasteiger partial charge in [0.1, 0.15) is 4.88 Å². The Morgan fingerprint density at radius 2 is 1.89 bits per heavy atom. The second-order valence-electron chi connectivity index (χ2n) is 6.09. The number of nitrogens with zero attached hydrogens (tertiary/aromatic N) is 1. The molecule has 4 rings (SSSR count). The van der Waals surface area contributed by atoms with Gasteiger partial charge in [0.2, 0.25) is 0 Å². The highest BCUT2D eigenvalue weighted by atomic mass is 32.1. The van der Waals surface area contributed by atoms with Crippen molar-refractivity contribution in [3.05, 3.63) is 64.1 Å². The average molecular weight is 403 g/mol. The summed E-state index contributed by atoms with van der Waals surface area (Å²) < 4.78 is 35.0. The van der Waals surface area contributed by atoms with Crippen LogP contribution in [0.2, 0.25) is 0 Å². The van der Waals surface area contributed by atoms with Crippen LogP contribution in [0.4, 0.5) is 20.2 Å². The number of aryl methyl sites for hydroxylation is 1. The Balaban J connectivity index is 1.48. The van der Waals surface area contributed by atoms with Crippen molar-refractivity contribution in [2.45, 2.75) is 19.8 Å². The number of ether oxygens (including phenoxy) is 2. The summed E-state index contributed by atoms with van der Waals surface area (Å²) in [5.41, 5.74) is 2.06. The normalized spacial score (nSPS) is 14.0. The largest absolute Gasteiger partial charge is 0.586 e. The Morgan fingerprint density at radius 1 is 1.14 bits per heavy atom. The van der Waals surface area contributed by atoms with E-state index >= 15 is 0 Å². The quantitative estimate of drug-likeness (QED) is 0.650. The van der Waals surface area contributed by atoms with Gasteiger partial charge in [-0.2, -0.15) is 0 Å². The molecule has 144 valence electrons. The molecule has 0 atom stereocenters. The smallest absolute Gasteiger partial charge is 0.395 e. The summed E-state index contributed by atoms with van der Waals surface area (Å²) in [5.74, 6) is -0.545. The molecule has 3 aromatic rings. The molecule has 28 heavy (non-hydrogen) atoms. The van der Waals surface area contributed by atoms with E-state index < -0.39 is 6.29 Å². The van der Waals surface area contributed by atoms with Crippen LogP contribution in [0.1, 0.15) is 20.1 Å². The van der Waals surface area contributed by atoms with Crippen molar-refractivity contribution >= 4 is 28.6 Å². The van der Waals surface area contributed by atoms with E-state index in [4.69, 9.17) is 0 Å². The Bertz CT molecular complexity index is 1020. The van der Waals surface area contributed by atoms with Crippen molar-refractivity contribution in [1.29, 1.82) is 0 Å². The maximum absolute atomic E-state index is 13.1. The van der Waals surface area contributed by atoms with Gasteiger partial charge in [-0.05, 0) is 42.8 Å². The van der Waals surface area contributed by atoms with Gasteiger partial charge >= 0.3 is 6.29 Å². The number of hydrogen-bond donors (Lipinski definition) is 2. The van der Waals surface area contributed by atoms with E-state index in [1.165, 1.54) is 29.5 Å². The monoisotopic (exact) mass is 403 g/mol. The first-order chi connectivity index (χ1) is 13.4. The van der Waals surface area contributed by atoms with Gasteiger partial charge in [-0.15, -0.1) is 20.1 Å². The zero-order chi connectivity index (χ0) is 19.7. The van der Waals surface area contributed by atoms with Gasteiger partial charge in [0.05, 0.1) is 5.69 Å². The Labute approximate surface area is 163 Å². The van der Waals surface area contributed by atoms with Gasteiger partial charge < -0.3 is 20.1 Å². The average Bonchev–Trinajstić information content (AvgIpc) is 3.18. The predicted octanol–water partition coefficient (Wildman–Crippen LogP) is 4.64. The number of amides is 1. The molecule has 0 spiro atoms. The van der Waals surface area contributed by atoms with Crippen molar-refractivity contribution < 1.29 is 23.0 Å². The van der Waals surface area contributed by atoms with Crippen LogP contribution in [0.3, 0.4) is 0 Å². The third kappa shape index (κ3) is 3.89. The molecule has 0 bridgehead atoms. The van der Waals surface area contributed by atoms with Crippen molar-refractivity contribution in [2.24, 2.45) is 0 Å². The molecule has 1 aliphatic rings. The summed E-state index contributed by atoms with van der Waals surface area (Å²) in [6.45, 7) is 2.44. The molecular formula is C19H15F2N3O3S. The molecule has 0 aliphatic carbocycles. The van der Waals surface area contributed by atoms with Gasteiger partial charge in [0, 0.05) is 35.6 Å². The molecule has 2 aromatic heterocycles. The number of pyridine rings is 1. The molecule has 1 aromatic carbocycles. The van der Waals surface area contributed by atoms with E-state index in [1.807, 2.05) is 25.1 Å². The van der Waals surface area contributed by atoms with E-state index in [2.05, 4.69) is 25.1 Å². The number of benzene rings is 1. The Morgan fingerprint density at radius 3 is 2.68 bits per heavy atom. The maximum Gasteiger partial charge on any atom is 0.586 e. The topological polar surface area (TPSA) is 72.5 Å². The number of anilines is 2. The summed E-state index contributed by atoms with van der Waals surface area (Å²) in [6.07, 6.45) is -0.292. The lowest BCUT2D eigenvalue weighted by atomic mass is 10.2. The molecule has 2 N–H and O–H groups in total. The van der Waals surface area contributed by atoms with Crippen LogP contribution in [0.5, 0.6) is 11.5 Å². The summed E-state index contributed by atoms with van der Waals surface area (Å²) in [5, 5.41) is 5.96. The SMILES string of the molecule is Cc1cc(NCc2ccncc2)c(C(=O)Nc2ccc3c(c2)OC(F)(F)O3)s1. The molecule has 0 saturated carbocycles. The van der Waals surface area contributed by atoms with Crippen LogP contribution in [-0.4, -0.2) is 17.2 Å². The predicted molar refractivity (Wildman–Crippen MR) is 101 cm³/mol. The number of thiophene rings is 1. The minimum atomic E-state index is -3.69. The fourth-order valence-corrected chi connectivity index (χ4v) is 3.61. The fourth-order valence-electron chi connectivity index (χ4n) is 2.73. The van der Waals surface area contributed by atoms with Crippen LogP contribution in [0.25, 0.3) is 0 Å². The second kappa shape index (κ2) is 7.08. The molecule has 3 heterocycles. The lowest BCUT2D eigenvalue weighted by molar-refractivity contribution is -0.286. The molecule has 1 aliphatic heterocycles. The number of fused-ring (bicyclic) bond motifs is 1. The highest BCUT2D eigenvalue weighted by Gasteiger charge is 2.43. The van der Waals surface area contributed by atoms with E-state index in [9.17, 15) is 13.6 Å². The zero-order valence-electron chi connectivity index (χ0n) is 14.7. The van der Waals surface area contributed by atoms with Crippen molar-refractivity contribution in [3.8, 4) is 11.5 Å². The first kappa shape index (κ1) is 18.2. The standard InChI is InChI=1S/C19H15F2N3O3S/c1-11-8-14(23-10-12-4-6-22-7-5-12)17(28-11)18(25)24-13-2-3-15-16(9-13)27-19(20,21)26-15/h2-9,23H,10H2,1H3,(H,24,25). The number of carbonyl (C=O) groups excluding carboxylic acids is 1. The van der Waals surface area contributed by atoms with Gasteiger partial charge in [-0.25, -0.2) is 0 Å². The summed E-state index contributed by atoms with van der Waals surface area (Å²) in [7, 11) is 0. The number of carbonyl (C=O) groups is 1. The minimum Gasteiger partial charge on any atom is -0.395 e. The fraction of sp³-hybridized carbons (Fsp3) is 0.158. The lowest BCUT2D eigenvalue weighted by Crippen LogP contribution is -2.25. The van der Waals surface area contributed by atoms with Crippen molar-refractivity contribution in [2.75, 3.05) is 10.6 Å². The molecule has 9 heteroatoms. The molecule has 6 nitrogen and oxygen atoms in total. The first-order valence-electron chi connectivity index (χ1n) is 8.34. The Kier molecular flexibility index (Phi) is 4.60. The summed E-state index contributed by atoms with van der Waals surface area (Å²) in [4.78, 5) is 18.2. The highest BCUT2D eigenvalue weighted by molar-refractivity contribution is 7.14. The molecule has 0 saturated heterocycles. The second-order valence-corrected chi connectivity index (χ2v) is 7.35. The van der Waals surface area contributed by atoms with E-state index in [-0.39, 0.29) is 17.4 Å². The minimum absolute atomic E-state index is 0.0744. The maximum atomic E-state index is 13.1. The molecular weight excluding hydrogens is 388 g/mol. The number of nitrogens with one attached hydrogen (secondary N) is 2. The molecule has 0 unspecified atom stereocenters. The third-order valence-electron chi connectivity index (χ3n) is 3.95. The van der Waals surface area contributed by atoms with Crippen LogP contribution in [-0.2, 0) is 6.54 Å². The third-order valence-corrected chi connectivity index (χ3v) is 5.00. The van der Waals surface area contributed by atoms with Gasteiger partial charge in [-0.1, -0.05) is 0 Å². The van der Waals surface area contributed by atoms with Crippen LogP contribution >= 0.6 is 11.3 Å². The number of hydrogen-bond acceptors (Lipinski definition) is 6. The van der Waals surface area contributed by atoms with Gasteiger partial charge in [0.25, 0.3) is 5.91 Å². The summed E-state index contributed by atoms with van der Waals surface area (Å²) >= 11 is 1.34. The van der Waals surface area contributed by atoms with Crippen LogP contribution < -0.4 is 20.1 Å². The molecule has 1 amide bonds. The summed E-state index contributed by atoms with van der Waals surface area (Å²) in [6, 6.07) is 9.77. The van der Waals surface area contributed by atoms with Gasteiger partial charge in [0.15, 0.2) is 11.5 Å². The number of halogens is 2. The van der Waals surface area contributed by atoms with E-state index in [0.717, 1.165) is 10.4 Å². The zero-order valence-corrected chi connectivity index (χ0v) is 15.5. The van der Waals surface area contributed by atoms with Crippen LogP contribution in [0.15, 0.2) is 48.8 Å². The van der Waals surface area contributed by atoms with E-state index in [1.54, 1.807) is 12.4 Å². The number of alkyl halides is 2. The first-order valence-corrected chi connectivity index (χ1v) is 9.16.